The van der Waals surface area contributed by atoms with Crippen LogP contribution in [0.15, 0.2) is 18.2 Å². The average molecular weight is 278 g/mol. The fraction of sp³-hybridized carbons (Fsp3) is 0.625. The molecule has 2 N–H and O–H groups in total. The number of hydrogen-bond acceptors (Lipinski definition) is 3. The summed E-state index contributed by atoms with van der Waals surface area (Å²) in [6.45, 7) is 6.04. The Kier molecular flexibility index (Phi) is 3.94. The second-order valence-electron chi connectivity index (χ2n) is 6.26. The zero-order valence-electron chi connectivity index (χ0n) is 12.0. The molecule has 0 bridgehead atoms. The van der Waals surface area contributed by atoms with Crippen LogP contribution in [0.3, 0.4) is 0 Å². The SMILES string of the molecule is CC1CCCN(CC2COc3c(F)cccc3C2N)C1. The van der Waals surface area contributed by atoms with Gasteiger partial charge in [0.25, 0.3) is 0 Å². The molecule has 3 unspecified atom stereocenters. The standard InChI is InChI=1S/C16H23FN2O/c1-11-4-3-7-19(8-11)9-12-10-20-16-13(15(12)18)5-2-6-14(16)17/h2,5-6,11-12,15H,3-4,7-10,18H2,1H3. The van der Waals surface area contributed by atoms with Crippen molar-refractivity contribution in [1.82, 2.24) is 4.90 Å². The lowest BCUT2D eigenvalue weighted by molar-refractivity contribution is 0.107. The van der Waals surface area contributed by atoms with Gasteiger partial charge in [0.1, 0.15) is 0 Å². The molecule has 2 aliphatic rings. The van der Waals surface area contributed by atoms with Crippen LogP contribution in [0.5, 0.6) is 5.75 Å². The van der Waals surface area contributed by atoms with Gasteiger partial charge in [0, 0.05) is 30.6 Å². The number of likely N-dealkylation sites (tertiary alicyclic amines) is 1. The summed E-state index contributed by atoms with van der Waals surface area (Å²) >= 11 is 0. The first-order valence-electron chi connectivity index (χ1n) is 7.54. The van der Waals surface area contributed by atoms with Crippen LogP contribution in [0.2, 0.25) is 0 Å². The lowest BCUT2D eigenvalue weighted by Crippen LogP contribution is -2.43. The van der Waals surface area contributed by atoms with Crippen LogP contribution in [0.1, 0.15) is 31.4 Å². The highest BCUT2D eigenvalue weighted by atomic mass is 19.1. The van der Waals surface area contributed by atoms with Crippen LogP contribution in [0.25, 0.3) is 0 Å². The smallest absolute Gasteiger partial charge is 0.165 e. The lowest BCUT2D eigenvalue weighted by Gasteiger charge is -2.37. The number of ether oxygens (including phenoxy) is 1. The van der Waals surface area contributed by atoms with Crippen molar-refractivity contribution in [3.63, 3.8) is 0 Å². The van der Waals surface area contributed by atoms with E-state index in [0.29, 0.717) is 12.4 Å². The molecule has 0 amide bonds. The molecule has 1 saturated heterocycles. The highest BCUT2D eigenvalue weighted by Crippen LogP contribution is 2.36. The monoisotopic (exact) mass is 278 g/mol. The van der Waals surface area contributed by atoms with Gasteiger partial charge in [-0.3, -0.25) is 0 Å². The maximum absolute atomic E-state index is 13.7. The van der Waals surface area contributed by atoms with E-state index in [0.717, 1.165) is 31.1 Å². The second kappa shape index (κ2) is 5.70. The van der Waals surface area contributed by atoms with E-state index in [1.165, 1.54) is 18.9 Å². The average Bonchev–Trinajstić information content (AvgIpc) is 2.43. The van der Waals surface area contributed by atoms with Gasteiger partial charge >= 0.3 is 0 Å². The van der Waals surface area contributed by atoms with Crippen molar-refractivity contribution >= 4 is 0 Å². The van der Waals surface area contributed by atoms with E-state index >= 15 is 0 Å². The Balaban J connectivity index is 1.70. The van der Waals surface area contributed by atoms with Gasteiger partial charge in [-0.05, 0) is 31.4 Å². The molecule has 20 heavy (non-hydrogen) atoms. The topological polar surface area (TPSA) is 38.5 Å². The maximum Gasteiger partial charge on any atom is 0.165 e. The van der Waals surface area contributed by atoms with Gasteiger partial charge in [0.05, 0.1) is 6.61 Å². The molecular weight excluding hydrogens is 255 g/mol. The first-order valence-corrected chi connectivity index (χ1v) is 7.54. The molecule has 0 aromatic heterocycles. The number of rotatable bonds is 2. The van der Waals surface area contributed by atoms with Crippen molar-refractivity contribution in [2.45, 2.75) is 25.8 Å². The molecule has 1 aromatic rings. The molecule has 110 valence electrons. The van der Waals surface area contributed by atoms with Crippen LogP contribution >= 0.6 is 0 Å². The minimum atomic E-state index is -0.303. The van der Waals surface area contributed by atoms with Crippen LogP contribution in [0.4, 0.5) is 4.39 Å². The first-order chi connectivity index (χ1) is 9.65. The van der Waals surface area contributed by atoms with Crippen molar-refractivity contribution in [3.8, 4) is 5.75 Å². The zero-order valence-corrected chi connectivity index (χ0v) is 12.0. The quantitative estimate of drug-likeness (QED) is 0.903. The predicted molar refractivity (Wildman–Crippen MR) is 77.2 cm³/mol. The molecule has 1 aromatic carbocycles. The van der Waals surface area contributed by atoms with Crippen molar-refractivity contribution in [1.29, 1.82) is 0 Å². The van der Waals surface area contributed by atoms with Crippen LogP contribution in [0, 0.1) is 17.7 Å². The highest BCUT2D eigenvalue weighted by molar-refractivity contribution is 5.39. The van der Waals surface area contributed by atoms with E-state index in [-0.39, 0.29) is 17.8 Å². The molecule has 2 heterocycles. The molecule has 3 nitrogen and oxygen atoms in total. The van der Waals surface area contributed by atoms with E-state index in [4.69, 9.17) is 10.5 Å². The Morgan fingerprint density at radius 1 is 1.45 bits per heavy atom. The summed E-state index contributed by atoms with van der Waals surface area (Å²) in [4.78, 5) is 2.48. The van der Waals surface area contributed by atoms with Gasteiger partial charge in [-0.2, -0.15) is 0 Å². The fourth-order valence-electron chi connectivity index (χ4n) is 3.44. The molecule has 0 saturated carbocycles. The molecular formula is C16H23FN2O. The van der Waals surface area contributed by atoms with Gasteiger partial charge < -0.3 is 15.4 Å². The Hall–Kier alpha value is -1.13. The first kappa shape index (κ1) is 13.8. The summed E-state index contributed by atoms with van der Waals surface area (Å²) in [6, 6.07) is 4.89. The van der Waals surface area contributed by atoms with Crippen molar-refractivity contribution < 1.29 is 9.13 Å². The maximum atomic E-state index is 13.7. The molecule has 2 aliphatic heterocycles. The summed E-state index contributed by atoms with van der Waals surface area (Å²) < 4.78 is 19.3. The van der Waals surface area contributed by atoms with Gasteiger partial charge in [0.2, 0.25) is 0 Å². The Bertz CT molecular complexity index is 480. The number of benzene rings is 1. The number of nitrogens with two attached hydrogens (primary N) is 1. The second-order valence-corrected chi connectivity index (χ2v) is 6.26. The third kappa shape index (κ3) is 2.67. The number of halogens is 1. The van der Waals surface area contributed by atoms with E-state index in [1.807, 2.05) is 6.07 Å². The summed E-state index contributed by atoms with van der Waals surface area (Å²) in [7, 11) is 0. The minimum absolute atomic E-state index is 0.133. The third-order valence-corrected chi connectivity index (χ3v) is 4.54. The predicted octanol–water partition coefficient (Wildman–Crippen LogP) is 2.57. The number of piperidine rings is 1. The van der Waals surface area contributed by atoms with Crippen molar-refractivity contribution in [3.05, 3.63) is 29.6 Å². The number of hydrogen-bond donors (Lipinski definition) is 1. The number of nitrogens with zero attached hydrogens (tertiary/aromatic N) is 1. The van der Waals surface area contributed by atoms with E-state index < -0.39 is 0 Å². The summed E-state index contributed by atoms with van der Waals surface area (Å²) in [6.07, 6.45) is 2.58. The zero-order chi connectivity index (χ0) is 14.1. The van der Waals surface area contributed by atoms with Gasteiger partial charge in [-0.15, -0.1) is 0 Å². The van der Waals surface area contributed by atoms with E-state index in [1.54, 1.807) is 6.07 Å². The Morgan fingerprint density at radius 2 is 2.30 bits per heavy atom. The summed E-state index contributed by atoms with van der Waals surface area (Å²) in [5, 5.41) is 0. The summed E-state index contributed by atoms with van der Waals surface area (Å²) in [5.41, 5.74) is 7.15. The molecule has 4 heteroatoms. The molecule has 0 radical (unpaired) electrons. The number of fused-ring (bicyclic) bond motifs is 1. The van der Waals surface area contributed by atoms with E-state index in [9.17, 15) is 4.39 Å². The molecule has 3 rings (SSSR count). The van der Waals surface area contributed by atoms with Crippen LogP contribution < -0.4 is 10.5 Å². The summed E-state index contributed by atoms with van der Waals surface area (Å²) in [5.74, 6) is 1.05. The van der Waals surface area contributed by atoms with Gasteiger partial charge in [-0.25, -0.2) is 4.39 Å². The van der Waals surface area contributed by atoms with Crippen LogP contribution in [-0.4, -0.2) is 31.1 Å². The van der Waals surface area contributed by atoms with Gasteiger partial charge in [0.15, 0.2) is 11.6 Å². The Labute approximate surface area is 119 Å². The molecule has 3 atom stereocenters. The molecule has 0 aliphatic carbocycles. The largest absolute Gasteiger partial charge is 0.490 e. The van der Waals surface area contributed by atoms with E-state index in [2.05, 4.69) is 11.8 Å². The minimum Gasteiger partial charge on any atom is -0.490 e. The fourth-order valence-corrected chi connectivity index (χ4v) is 3.44. The van der Waals surface area contributed by atoms with Gasteiger partial charge in [-0.1, -0.05) is 19.1 Å². The molecule has 1 fully saturated rings. The van der Waals surface area contributed by atoms with Crippen molar-refractivity contribution in [2.75, 3.05) is 26.2 Å². The number of para-hydroxylation sites is 1. The normalized spacial score (nSPS) is 30.6. The molecule has 0 spiro atoms. The van der Waals surface area contributed by atoms with Crippen molar-refractivity contribution in [2.24, 2.45) is 17.6 Å². The third-order valence-electron chi connectivity index (χ3n) is 4.54. The lowest BCUT2D eigenvalue weighted by atomic mass is 9.89. The Morgan fingerprint density at radius 3 is 3.10 bits per heavy atom. The highest BCUT2D eigenvalue weighted by Gasteiger charge is 2.31. The van der Waals surface area contributed by atoms with Crippen LogP contribution in [-0.2, 0) is 0 Å².